The van der Waals surface area contributed by atoms with Crippen molar-refractivity contribution in [2.45, 2.75) is 26.3 Å². The highest BCUT2D eigenvalue weighted by Gasteiger charge is 2.13. The number of rotatable bonds is 8. The highest BCUT2D eigenvalue weighted by Crippen LogP contribution is 2.14. The summed E-state index contributed by atoms with van der Waals surface area (Å²) >= 11 is 0. The number of benzene rings is 1. The van der Waals surface area contributed by atoms with E-state index in [4.69, 9.17) is 0 Å². The van der Waals surface area contributed by atoms with E-state index in [9.17, 15) is 9.90 Å². The van der Waals surface area contributed by atoms with E-state index in [2.05, 4.69) is 26.9 Å². The molecule has 0 radical (unpaired) electrons. The van der Waals surface area contributed by atoms with Crippen LogP contribution in [0.4, 0.5) is 0 Å². The molecule has 0 saturated carbocycles. The highest BCUT2D eigenvalue weighted by molar-refractivity contribution is 5.75. The molecule has 132 valence electrons. The number of aromatic nitrogens is 4. The Bertz CT molecular complexity index is 872. The number of hydrogen-bond acceptors (Lipinski definition) is 5. The number of nitrogens with zero attached hydrogens (tertiary/aromatic N) is 4. The van der Waals surface area contributed by atoms with Gasteiger partial charge in [0.25, 0.3) is 5.56 Å². The van der Waals surface area contributed by atoms with Crippen molar-refractivity contribution in [3.63, 3.8) is 0 Å². The molecule has 7 nitrogen and oxygen atoms in total. The van der Waals surface area contributed by atoms with E-state index in [0.717, 1.165) is 25.1 Å². The van der Waals surface area contributed by atoms with Crippen LogP contribution in [0, 0.1) is 0 Å². The Labute approximate surface area is 145 Å². The molecule has 0 saturated heterocycles. The molecule has 7 heteroatoms. The van der Waals surface area contributed by atoms with Gasteiger partial charge in [-0.15, -0.1) is 0 Å². The molecule has 0 atom stereocenters. The summed E-state index contributed by atoms with van der Waals surface area (Å²) in [5.41, 5.74) is 1.21. The quantitative estimate of drug-likeness (QED) is 0.651. The lowest BCUT2D eigenvalue weighted by molar-refractivity contribution is 0.185. The van der Waals surface area contributed by atoms with Gasteiger partial charge in [0.15, 0.2) is 5.65 Å². The van der Waals surface area contributed by atoms with Crippen molar-refractivity contribution in [3.8, 4) is 5.69 Å². The van der Waals surface area contributed by atoms with Crippen LogP contribution in [-0.2, 0) is 6.54 Å². The van der Waals surface area contributed by atoms with Gasteiger partial charge in [0, 0.05) is 6.54 Å². The summed E-state index contributed by atoms with van der Waals surface area (Å²) in [5.74, 6) is 0.583. The normalized spacial score (nSPS) is 11.5. The molecule has 0 spiro atoms. The fourth-order valence-electron chi connectivity index (χ4n) is 2.80. The first-order valence-corrected chi connectivity index (χ1v) is 8.58. The van der Waals surface area contributed by atoms with E-state index in [-0.39, 0.29) is 12.2 Å². The molecule has 0 aliphatic heterocycles. The minimum absolute atomic E-state index is 0.0815. The second-order valence-electron chi connectivity index (χ2n) is 6.00. The Hall–Kier alpha value is -2.51. The number of H-pyrrole nitrogens is 1. The summed E-state index contributed by atoms with van der Waals surface area (Å²) in [4.78, 5) is 21.9. The number of aliphatic hydroxyl groups excluding tert-OH is 1. The number of para-hydroxylation sites is 1. The smallest absolute Gasteiger partial charge is 0.262 e. The van der Waals surface area contributed by atoms with Crippen LogP contribution in [0.1, 0.15) is 25.6 Å². The maximum atomic E-state index is 12.4. The van der Waals surface area contributed by atoms with Crippen molar-refractivity contribution < 1.29 is 5.11 Å². The summed E-state index contributed by atoms with van der Waals surface area (Å²) in [6.07, 6.45) is 3.65. The minimum atomic E-state index is -0.193. The van der Waals surface area contributed by atoms with Crippen LogP contribution in [-0.4, -0.2) is 49.5 Å². The number of aromatic amines is 1. The summed E-state index contributed by atoms with van der Waals surface area (Å²) in [5, 5.41) is 14.0. The largest absolute Gasteiger partial charge is 0.395 e. The van der Waals surface area contributed by atoms with Crippen LogP contribution in [0.5, 0.6) is 0 Å². The predicted octanol–water partition coefficient (Wildman–Crippen LogP) is 1.70. The molecular weight excluding hydrogens is 318 g/mol. The number of nitrogens with one attached hydrogen (secondary N) is 1. The molecule has 0 aliphatic rings. The number of unbranched alkanes of at least 4 members (excludes halogenated alkanes) is 1. The first-order valence-electron chi connectivity index (χ1n) is 8.58. The molecule has 2 aromatic heterocycles. The van der Waals surface area contributed by atoms with Gasteiger partial charge in [-0.05, 0) is 25.1 Å². The SMILES string of the molecule is CCCCN(CCO)Cc1nc2c(cnn2-c2ccccc2)c(=O)[nH]1. The molecular formula is C18H23N5O2. The van der Waals surface area contributed by atoms with Crippen LogP contribution in [0.3, 0.4) is 0 Å². The van der Waals surface area contributed by atoms with Crippen molar-refractivity contribution in [1.82, 2.24) is 24.6 Å². The Morgan fingerprint density at radius 1 is 1.24 bits per heavy atom. The summed E-state index contributed by atoms with van der Waals surface area (Å²) in [6, 6.07) is 9.62. The third-order valence-electron chi connectivity index (χ3n) is 4.11. The van der Waals surface area contributed by atoms with E-state index in [1.165, 1.54) is 0 Å². The van der Waals surface area contributed by atoms with Crippen LogP contribution in [0.15, 0.2) is 41.3 Å². The first-order chi connectivity index (χ1) is 12.2. The van der Waals surface area contributed by atoms with Gasteiger partial charge in [0.2, 0.25) is 0 Å². The molecule has 0 aliphatic carbocycles. The van der Waals surface area contributed by atoms with Gasteiger partial charge in [-0.2, -0.15) is 5.10 Å². The van der Waals surface area contributed by atoms with E-state index in [1.807, 2.05) is 30.3 Å². The minimum Gasteiger partial charge on any atom is -0.395 e. The standard InChI is InChI=1S/C18H23N5O2/c1-2-3-9-22(10-11-24)13-16-20-17-15(18(25)21-16)12-19-23(17)14-7-5-4-6-8-14/h4-8,12,24H,2-3,9-11,13H2,1H3,(H,20,21,25). The zero-order valence-electron chi connectivity index (χ0n) is 14.4. The zero-order chi connectivity index (χ0) is 17.6. The Morgan fingerprint density at radius 3 is 2.76 bits per heavy atom. The monoisotopic (exact) mass is 341 g/mol. The third kappa shape index (κ3) is 3.94. The fourth-order valence-corrected chi connectivity index (χ4v) is 2.80. The highest BCUT2D eigenvalue weighted by atomic mass is 16.3. The van der Waals surface area contributed by atoms with E-state index in [0.29, 0.717) is 29.9 Å². The molecule has 25 heavy (non-hydrogen) atoms. The Morgan fingerprint density at radius 2 is 2.04 bits per heavy atom. The molecule has 3 aromatic rings. The lowest BCUT2D eigenvalue weighted by atomic mass is 10.3. The van der Waals surface area contributed by atoms with Crippen LogP contribution in [0.2, 0.25) is 0 Å². The van der Waals surface area contributed by atoms with Crippen molar-refractivity contribution >= 4 is 11.0 Å². The zero-order valence-corrected chi connectivity index (χ0v) is 14.4. The van der Waals surface area contributed by atoms with E-state index in [1.54, 1.807) is 10.9 Å². The molecule has 0 amide bonds. The van der Waals surface area contributed by atoms with Crippen molar-refractivity contribution in [2.75, 3.05) is 19.7 Å². The Balaban J connectivity index is 1.95. The molecule has 2 heterocycles. The maximum absolute atomic E-state index is 12.4. The summed E-state index contributed by atoms with van der Waals surface area (Å²) < 4.78 is 1.68. The van der Waals surface area contributed by atoms with Crippen LogP contribution < -0.4 is 5.56 Å². The lowest BCUT2D eigenvalue weighted by Crippen LogP contribution is -2.29. The molecule has 3 rings (SSSR count). The average Bonchev–Trinajstić information content (AvgIpc) is 3.05. The van der Waals surface area contributed by atoms with Gasteiger partial charge in [0.1, 0.15) is 11.2 Å². The average molecular weight is 341 g/mol. The van der Waals surface area contributed by atoms with Gasteiger partial charge in [0.05, 0.1) is 25.0 Å². The van der Waals surface area contributed by atoms with Gasteiger partial charge in [-0.1, -0.05) is 31.5 Å². The lowest BCUT2D eigenvalue weighted by Gasteiger charge is -2.20. The molecule has 0 fully saturated rings. The van der Waals surface area contributed by atoms with Crippen molar-refractivity contribution in [1.29, 1.82) is 0 Å². The third-order valence-corrected chi connectivity index (χ3v) is 4.11. The van der Waals surface area contributed by atoms with Crippen molar-refractivity contribution in [2.24, 2.45) is 0 Å². The number of fused-ring (bicyclic) bond motifs is 1. The van der Waals surface area contributed by atoms with Gasteiger partial charge in [-0.25, -0.2) is 9.67 Å². The van der Waals surface area contributed by atoms with Gasteiger partial charge >= 0.3 is 0 Å². The number of aliphatic hydroxyl groups is 1. The van der Waals surface area contributed by atoms with Gasteiger partial charge in [-0.3, -0.25) is 9.69 Å². The van der Waals surface area contributed by atoms with E-state index < -0.39 is 0 Å². The van der Waals surface area contributed by atoms with Gasteiger partial charge < -0.3 is 10.1 Å². The molecule has 0 bridgehead atoms. The Kier molecular flexibility index (Phi) is 5.57. The first kappa shape index (κ1) is 17.3. The van der Waals surface area contributed by atoms with Crippen LogP contribution >= 0.6 is 0 Å². The second kappa shape index (κ2) is 8.04. The second-order valence-corrected chi connectivity index (χ2v) is 6.00. The van der Waals surface area contributed by atoms with Crippen molar-refractivity contribution in [3.05, 3.63) is 52.7 Å². The molecule has 1 aromatic carbocycles. The molecule has 2 N–H and O–H groups in total. The summed E-state index contributed by atoms with van der Waals surface area (Å²) in [7, 11) is 0. The topological polar surface area (TPSA) is 87.0 Å². The summed E-state index contributed by atoms with van der Waals surface area (Å²) in [6.45, 7) is 4.11. The number of hydrogen-bond donors (Lipinski definition) is 2. The van der Waals surface area contributed by atoms with Crippen LogP contribution in [0.25, 0.3) is 16.7 Å². The maximum Gasteiger partial charge on any atom is 0.262 e. The predicted molar refractivity (Wildman–Crippen MR) is 96.8 cm³/mol. The molecule has 0 unspecified atom stereocenters. The fraction of sp³-hybridized carbons (Fsp3) is 0.389. The van der Waals surface area contributed by atoms with E-state index >= 15 is 0 Å².